The quantitative estimate of drug-likeness (QED) is 0.716. The Morgan fingerprint density at radius 1 is 1.47 bits per heavy atom. The van der Waals surface area contributed by atoms with Crippen molar-refractivity contribution in [1.29, 1.82) is 0 Å². The molecule has 0 bridgehead atoms. The second kappa shape index (κ2) is 4.17. The topological polar surface area (TPSA) is 34.9 Å². The average molecular weight is 208 g/mol. The van der Waals surface area contributed by atoms with E-state index in [9.17, 15) is 4.79 Å². The van der Waals surface area contributed by atoms with Crippen molar-refractivity contribution in [3.05, 3.63) is 18.0 Å². The predicted molar refractivity (Wildman–Crippen MR) is 60.9 cm³/mol. The van der Waals surface area contributed by atoms with E-state index in [2.05, 4.69) is 18.9 Å². The second-order valence-electron chi connectivity index (χ2n) is 5.37. The summed E-state index contributed by atoms with van der Waals surface area (Å²) < 4.78 is 1.80. The summed E-state index contributed by atoms with van der Waals surface area (Å²) in [6, 6.07) is 1.80. The summed E-state index contributed by atoms with van der Waals surface area (Å²) in [6.07, 6.45) is 1.70. The minimum absolute atomic E-state index is 0.153. The van der Waals surface area contributed by atoms with Crippen LogP contribution in [0.2, 0.25) is 0 Å². The smallest absolute Gasteiger partial charge is 0.186 e. The molecule has 0 atom stereocenters. The fourth-order valence-corrected chi connectivity index (χ4v) is 1.40. The van der Waals surface area contributed by atoms with Crippen molar-refractivity contribution in [1.82, 2.24) is 9.78 Å². The van der Waals surface area contributed by atoms with Crippen molar-refractivity contribution in [2.75, 3.05) is 0 Å². The summed E-state index contributed by atoms with van der Waals surface area (Å²) in [5.74, 6) is 0.650. The van der Waals surface area contributed by atoms with Gasteiger partial charge in [0.15, 0.2) is 5.78 Å². The van der Waals surface area contributed by atoms with Crippen molar-refractivity contribution < 1.29 is 4.79 Å². The van der Waals surface area contributed by atoms with E-state index in [4.69, 9.17) is 0 Å². The molecule has 0 saturated carbocycles. The number of ketones is 1. The number of rotatable bonds is 3. The Balaban J connectivity index is 2.95. The number of nitrogens with zero attached hydrogens (tertiary/aromatic N) is 2. The van der Waals surface area contributed by atoms with Crippen LogP contribution in [0.15, 0.2) is 12.3 Å². The van der Waals surface area contributed by atoms with Crippen LogP contribution in [-0.4, -0.2) is 15.6 Å². The van der Waals surface area contributed by atoms with E-state index in [1.165, 1.54) is 0 Å². The second-order valence-corrected chi connectivity index (χ2v) is 5.37. The first-order chi connectivity index (χ1) is 6.82. The van der Waals surface area contributed by atoms with Crippen LogP contribution in [0.5, 0.6) is 0 Å². The molecule has 0 amide bonds. The first-order valence-electron chi connectivity index (χ1n) is 5.39. The summed E-state index contributed by atoms with van der Waals surface area (Å²) in [4.78, 5) is 12.1. The molecule has 1 aromatic heterocycles. The highest BCUT2D eigenvalue weighted by atomic mass is 16.1. The molecule has 0 saturated heterocycles. The minimum Gasteiger partial charge on any atom is -0.292 e. The van der Waals surface area contributed by atoms with Gasteiger partial charge >= 0.3 is 0 Å². The molecule has 0 spiro atoms. The molecule has 3 nitrogen and oxygen atoms in total. The SMILES string of the molecule is CC(C)Cn1nccc1C(=O)C(C)(C)C. The lowest BCUT2D eigenvalue weighted by Crippen LogP contribution is -2.24. The Hall–Kier alpha value is -1.12. The van der Waals surface area contributed by atoms with Gasteiger partial charge in [0.25, 0.3) is 0 Å². The molecule has 0 aliphatic carbocycles. The fourth-order valence-electron chi connectivity index (χ4n) is 1.40. The van der Waals surface area contributed by atoms with Crippen LogP contribution in [0.4, 0.5) is 0 Å². The molecule has 0 aromatic carbocycles. The highest BCUT2D eigenvalue weighted by Gasteiger charge is 2.25. The van der Waals surface area contributed by atoms with Gasteiger partial charge in [-0.3, -0.25) is 9.48 Å². The van der Waals surface area contributed by atoms with Crippen molar-refractivity contribution >= 4 is 5.78 Å². The van der Waals surface area contributed by atoms with Gasteiger partial charge in [0.1, 0.15) is 5.69 Å². The zero-order valence-corrected chi connectivity index (χ0v) is 10.2. The Kier molecular flexibility index (Phi) is 3.32. The van der Waals surface area contributed by atoms with Gasteiger partial charge in [-0.2, -0.15) is 5.10 Å². The van der Waals surface area contributed by atoms with E-state index in [1.54, 1.807) is 16.9 Å². The normalized spacial score (nSPS) is 12.1. The summed E-state index contributed by atoms with van der Waals surface area (Å²) in [7, 11) is 0. The maximum atomic E-state index is 12.1. The molecular formula is C12H20N2O. The number of Topliss-reactive ketones (excluding diaryl/α,β-unsaturated/α-hetero) is 1. The predicted octanol–water partition coefficient (Wildman–Crippen LogP) is 2.77. The summed E-state index contributed by atoms with van der Waals surface area (Å²) in [5, 5.41) is 4.19. The molecule has 0 N–H and O–H groups in total. The van der Waals surface area contributed by atoms with Crippen LogP contribution in [0.1, 0.15) is 45.1 Å². The van der Waals surface area contributed by atoms with E-state index in [0.29, 0.717) is 5.92 Å². The molecule has 0 fully saturated rings. The molecule has 1 aromatic rings. The van der Waals surface area contributed by atoms with Crippen molar-refractivity contribution in [3.63, 3.8) is 0 Å². The number of hydrogen-bond donors (Lipinski definition) is 0. The van der Waals surface area contributed by atoms with Crippen molar-refractivity contribution in [2.24, 2.45) is 11.3 Å². The van der Waals surface area contributed by atoms with Crippen LogP contribution in [0.25, 0.3) is 0 Å². The number of carbonyl (C=O) groups is 1. The number of aromatic nitrogens is 2. The Bertz CT molecular complexity index is 345. The van der Waals surface area contributed by atoms with E-state index in [1.807, 2.05) is 20.8 Å². The van der Waals surface area contributed by atoms with Gasteiger partial charge in [-0.1, -0.05) is 34.6 Å². The highest BCUT2D eigenvalue weighted by Crippen LogP contribution is 2.20. The molecule has 15 heavy (non-hydrogen) atoms. The zero-order chi connectivity index (χ0) is 11.6. The minimum atomic E-state index is -0.339. The molecule has 1 heterocycles. The van der Waals surface area contributed by atoms with E-state index in [-0.39, 0.29) is 11.2 Å². The Labute approximate surface area is 91.5 Å². The van der Waals surface area contributed by atoms with Crippen molar-refractivity contribution in [2.45, 2.75) is 41.2 Å². The highest BCUT2D eigenvalue weighted by molar-refractivity contribution is 5.98. The molecule has 0 aliphatic heterocycles. The third-order valence-electron chi connectivity index (χ3n) is 2.17. The zero-order valence-electron chi connectivity index (χ0n) is 10.2. The first-order valence-corrected chi connectivity index (χ1v) is 5.39. The van der Waals surface area contributed by atoms with Gasteiger partial charge in [-0.05, 0) is 12.0 Å². The van der Waals surface area contributed by atoms with Gasteiger partial charge in [0.05, 0.1) is 0 Å². The monoisotopic (exact) mass is 208 g/mol. The summed E-state index contributed by atoms with van der Waals surface area (Å²) in [6.45, 7) is 10.8. The van der Waals surface area contributed by atoms with Crippen LogP contribution < -0.4 is 0 Å². The lowest BCUT2D eigenvalue weighted by atomic mass is 9.89. The lowest BCUT2D eigenvalue weighted by molar-refractivity contribution is 0.0845. The van der Waals surface area contributed by atoms with Crippen LogP contribution in [0, 0.1) is 11.3 Å². The first kappa shape index (κ1) is 12.0. The molecule has 0 unspecified atom stereocenters. The molecule has 3 heteroatoms. The van der Waals surface area contributed by atoms with Gasteiger partial charge in [-0.25, -0.2) is 0 Å². The number of carbonyl (C=O) groups excluding carboxylic acids is 1. The van der Waals surface area contributed by atoms with Gasteiger partial charge < -0.3 is 0 Å². The third-order valence-corrected chi connectivity index (χ3v) is 2.17. The van der Waals surface area contributed by atoms with Gasteiger partial charge in [-0.15, -0.1) is 0 Å². The van der Waals surface area contributed by atoms with Crippen molar-refractivity contribution in [3.8, 4) is 0 Å². The Morgan fingerprint density at radius 3 is 2.53 bits per heavy atom. The number of hydrogen-bond acceptors (Lipinski definition) is 2. The van der Waals surface area contributed by atoms with Crippen LogP contribution in [-0.2, 0) is 6.54 Å². The van der Waals surface area contributed by atoms with Crippen LogP contribution in [0.3, 0.4) is 0 Å². The molecule has 0 aliphatic rings. The largest absolute Gasteiger partial charge is 0.292 e. The van der Waals surface area contributed by atoms with E-state index >= 15 is 0 Å². The van der Waals surface area contributed by atoms with Gasteiger partial charge in [0, 0.05) is 18.2 Å². The third kappa shape index (κ3) is 2.91. The van der Waals surface area contributed by atoms with E-state index in [0.717, 1.165) is 12.2 Å². The molecule has 1 rings (SSSR count). The Morgan fingerprint density at radius 2 is 2.07 bits per heavy atom. The van der Waals surface area contributed by atoms with Crippen LogP contribution >= 0.6 is 0 Å². The molecule has 0 radical (unpaired) electrons. The average Bonchev–Trinajstić information content (AvgIpc) is 2.48. The lowest BCUT2D eigenvalue weighted by Gasteiger charge is -2.18. The maximum absolute atomic E-state index is 12.1. The summed E-state index contributed by atoms with van der Waals surface area (Å²) in [5.41, 5.74) is 0.380. The summed E-state index contributed by atoms with van der Waals surface area (Å²) >= 11 is 0. The molecule has 84 valence electrons. The standard InChI is InChI=1S/C12H20N2O/c1-9(2)8-14-10(6-7-13-14)11(15)12(3,4)5/h6-7,9H,8H2,1-5H3. The van der Waals surface area contributed by atoms with E-state index < -0.39 is 0 Å². The maximum Gasteiger partial charge on any atom is 0.186 e. The van der Waals surface area contributed by atoms with Gasteiger partial charge in [0.2, 0.25) is 0 Å². The molecular weight excluding hydrogens is 188 g/mol. The fraction of sp³-hybridized carbons (Fsp3) is 0.667.